The molecule has 0 spiro atoms. The van der Waals surface area contributed by atoms with E-state index in [1.165, 1.54) is 12.1 Å². The maximum absolute atomic E-state index is 14.1. The van der Waals surface area contributed by atoms with Gasteiger partial charge in [0.2, 0.25) is 5.82 Å². The fourth-order valence-electron chi connectivity index (χ4n) is 4.04. The van der Waals surface area contributed by atoms with E-state index in [-0.39, 0.29) is 18.5 Å². The standard InChI is InChI=1S/C26H20ClFN4O2/c1-16-22(25-30-24(31-34-25)18-8-3-2-4-9-18)23(19-10-6-12-21(28)14-19)29-26(33)32(16)15-17-7-5-11-20(27)13-17/h2-14,23H,15H2,1H3,(H,29,33). The Balaban J connectivity index is 1.61. The molecule has 4 aromatic rings. The zero-order valence-electron chi connectivity index (χ0n) is 18.2. The Morgan fingerprint density at radius 1 is 1.06 bits per heavy atom. The van der Waals surface area contributed by atoms with Crippen LogP contribution >= 0.6 is 11.6 Å². The quantitative estimate of drug-likeness (QED) is 0.372. The van der Waals surface area contributed by atoms with Crippen molar-refractivity contribution in [2.75, 3.05) is 0 Å². The van der Waals surface area contributed by atoms with E-state index in [9.17, 15) is 9.18 Å². The van der Waals surface area contributed by atoms with Crippen molar-refractivity contribution in [3.05, 3.63) is 112 Å². The molecule has 1 N–H and O–H groups in total. The predicted molar refractivity (Wildman–Crippen MR) is 127 cm³/mol. The average Bonchev–Trinajstić information content (AvgIpc) is 3.32. The molecule has 0 aliphatic carbocycles. The molecule has 34 heavy (non-hydrogen) atoms. The molecule has 0 saturated heterocycles. The van der Waals surface area contributed by atoms with Gasteiger partial charge < -0.3 is 9.84 Å². The van der Waals surface area contributed by atoms with Gasteiger partial charge in [0.15, 0.2) is 0 Å². The van der Waals surface area contributed by atoms with Gasteiger partial charge in [-0.05, 0) is 42.3 Å². The molecule has 0 radical (unpaired) electrons. The van der Waals surface area contributed by atoms with E-state index in [0.717, 1.165) is 11.1 Å². The first-order chi connectivity index (χ1) is 16.5. The summed E-state index contributed by atoms with van der Waals surface area (Å²) >= 11 is 6.14. The van der Waals surface area contributed by atoms with Crippen molar-refractivity contribution in [1.82, 2.24) is 20.4 Å². The Morgan fingerprint density at radius 3 is 2.62 bits per heavy atom. The first-order valence-electron chi connectivity index (χ1n) is 10.7. The lowest BCUT2D eigenvalue weighted by Crippen LogP contribution is -2.45. The molecule has 1 aliphatic rings. The number of halogens is 2. The van der Waals surface area contributed by atoms with Crippen LogP contribution in [0.25, 0.3) is 17.0 Å². The lowest BCUT2D eigenvalue weighted by Gasteiger charge is -2.35. The lowest BCUT2D eigenvalue weighted by atomic mass is 9.94. The van der Waals surface area contributed by atoms with Crippen LogP contribution in [-0.2, 0) is 6.54 Å². The maximum Gasteiger partial charge on any atom is 0.322 e. The Hall–Kier alpha value is -3.97. The van der Waals surface area contributed by atoms with Gasteiger partial charge in [0.05, 0.1) is 18.2 Å². The van der Waals surface area contributed by atoms with Gasteiger partial charge in [-0.2, -0.15) is 4.98 Å². The van der Waals surface area contributed by atoms with Crippen LogP contribution in [0.3, 0.4) is 0 Å². The zero-order chi connectivity index (χ0) is 23.7. The Kier molecular flexibility index (Phi) is 5.86. The van der Waals surface area contributed by atoms with Gasteiger partial charge in [-0.25, -0.2) is 9.18 Å². The molecule has 0 fully saturated rings. The average molecular weight is 475 g/mol. The molecule has 170 valence electrons. The minimum absolute atomic E-state index is 0.252. The van der Waals surface area contributed by atoms with Crippen molar-refractivity contribution >= 4 is 23.2 Å². The summed E-state index contributed by atoms with van der Waals surface area (Å²) in [6, 6.07) is 21.9. The minimum Gasteiger partial charge on any atom is -0.334 e. The lowest BCUT2D eigenvalue weighted by molar-refractivity contribution is 0.203. The summed E-state index contributed by atoms with van der Waals surface area (Å²) in [4.78, 5) is 19.3. The number of nitrogens with zero attached hydrogens (tertiary/aromatic N) is 3. The summed E-state index contributed by atoms with van der Waals surface area (Å²) in [5.41, 5.74) is 3.46. The number of carbonyl (C=O) groups excluding carboxylic acids is 1. The first kappa shape index (κ1) is 21.9. The highest BCUT2D eigenvalue weighted by atomic mass is 35.5. The Morgan fingerprint density at radius 2 is 1.85 bits per heavy atom. The molecule has 6 nitrogen and oxygen atoms in total. The molecule has 8 heteroatoms. The van der Waals surface area contributed by atoms with E-state index < -0.39 is 11.9 Å². The number of amides is 2. The van der Waals surface area contributed by atoms with Crippen LogP contribution in [0.15, 0.2) is 89.1 Å². The van der Waals surface area contributed by atoms with Crippen LogP contribution in [0.2, 0.25) is 5.02 Å². The number of allylic oxidation sites excluding steroid dienone is 1. The van der Waals surface area contributed by atoms with Crippen molar-refractivity contribution in [3.8, 4) is 11.4 Å². The summed E-state index contributed by atoms with van der Waals surface area (Å²) in [5, 5.41) is 7.70. The highest BCUT2D eigenvalue weighted by Gasteiger charge is 2.36. The fraction of sp³-hybridized carbons (Fsp3) is 0.115. The summed E-state index contributed by atoms with van der Waals surface area (Å²) in [7, 11) is 0. The van der Waals surface area contributed by atoms with Gasteiger partial charge in [-0.3, -0.25) is 4.90 Å². The number of urea groups is 1. The molecule has 1 aliphatic heterocycles. The van der Waals surface area contributed by atoms with E-state index in [0.29, 0.717) is 27.7 Å². The number of hydrogen-bond acceptors (Lipinski definition) is 4. The summed E-state index contributed by atoms with van der Waals surface area (Å²) < 4.78 is 19.7. The van der Waals surface area contributed by atoms with Gasteiger partial charge >= 0.3 is 6.03 Å². The molecule has 2 heterocycles. The SMILES string of the molecule is CC1=C(c2nc(-c3ccccc3)no2)C(c2cccc(F)c2)NC(=O)N1Cc1cccc(Cl)c1. The smallest absolute Gasteiger partial charge is 0.322 e. The van der Waals surface area contributed by atoms with Crippen molar-refractivity contribution in [1.29, 1.82) is 0 Å². The van der Waals surface area contributed by atoms with Gasteiger partial charge in [0.25, 0.3) is 5.89 Å². The highest BCUT2D eigenvalue weighted by Crippen LogP contribution is 2.38. The topological polar surface area (TPSA) is 71.3 Å². The monoisotopic (exact) mass is 474 g/mol. The largest absolute Gasteiger partial charge is 0.334 e. The molecule has 0 saturated carbocycles. The van der Waals surface area contributed by atoms with E-state index in [4.69, 9.17) is 16.1 Å². The molecule has 2 amide bonds. The predicted octanol–water partition coefficient (Wildman–Crippen LogP) is 6.23. The summed E-state index contributed by atoms with van der Waals surface area (Å²) in [6.07, 6.45) is 0. The van der Waals surface area contributed by atoms with E-state index in [1.54, 1.807) is 29.2 Å². The van der Waals surface area contributed by atoms with Crippen LogP contribution in [0.1, 0.15) is 30.0 Å². The third kappa shape index (κ3) is 4.30. The molecular weight excluding hydrogens is 455 g/mol. The first-order valence-corrected chi connectivity index (χ1v) is 11.1. The zero-order valence-corrected chi connectivity index (χ0v) is 19.0. The Bertz CT molecular complexity index is 1390. The molecule has 3 aromatic carbocycles. The number of hydrogen-bond donors (Lipinski definition) is 1. The Labute approximate surface area is 200 Å². The van der Waals surface area contributed by atoms with Crippen LogP contribution in [0.4, 0.5) is 9.18 Å². The normalized spacial score (nSPS) is 16.0. The van der Waals surface area contributed by atoms with Crippen LogP contribution < -0.4 is 5.32 Å². The van der Waals surface area contributed by atoms with E-state index in [2.05, 4.69) is 15.5 Å². The maximum atomic E-state index is 14.1. The van der Waals surface area contributed by atoms with Crippen molar-refractivity contribution < 1.29 is 13.7 Å². The number of aromatic nitrogens is 2. The molecule has 0 bridgehead atoms. The molecule has 1 aromatic heterocycles. The number of carbonyl (C=O) groups is 1. The summed E-state index contributed by atoms with van der Waals surface area (Å²) in [6.45, 7) is 2.11. The van der Waals surface area contributed by atoms with Crippen LogP contribution in [-0.4, -0.2) is 21.1 Å². The van der Waals surface area contributed by atoms with Gasteiger partial charge in [0.1, 0.15) is 5.82 Å². The van der Waals surface area contributed by atoms with Gasteiger partial charge in [-0.1, -0.05) is 71.4 Å². The second kappa shape index (κ2) is 9.11. The second-order valence-corrected chi connectivity index (χ2v) is 8.38. The van der Waals surface area contributed by atoms with Gasteiger partial charge in [0, 0.05) is 16.3 Å². The second-order valence-electron chi connectivity index (χ2n) is 7.94. The van der Waals surface area contributed by atoms with Crippen LogP contribution in [0, 0.1) is 5.82 Å². The third-order valence-corrected chi connectivity index (χ3v) is 5.93. The fourth-order valence-corrected chi connectivity index (χ4v) is 4.25. The van der Waals surface area contributed by atoms with E-state index >= 15 is 0 Å². The van der Waals surface area contributed by atoms with Crippen molar-refractivity contribution in [2.24, 2.45) is 0 Å². The van der Waals surface area contributed by atoms with Crippen LogP contribution in [0.5, 0.6) is 0 Å². The van der Waals surface area contributed by atoms with Crippen molar-refractivity contribution in [3.63, 3.8) is 0 Å². The highest BCUT2D eigenvalue weighted by molar-refractivity contribution is 6.30. The summed E-state index contributed by atoms with van der Waals surface area (Å²) in [5.74, 6) is 0.273. The molecule has 1 atom stereocenters. The van der Waals surface area contributed by atoms with E-state index in [1.807, 2.05) is 49.4 Å². The third-order valence-electron chi connectivity index (χ3n) is 5.70. The number of nitrogens with one attached hydrogen (secondary N) is 1. The number of rotatable bonds is 5. The molecule has 5 rings (SSSR count). The number of benzene rings is 3. The molecular formula is C26H20ClFN4O2. The van der Waals surface area contributed by atoms with Gasteiger partial charge in [-0.15, -0.1) is 0 Å². The van der Waals surface area contributed by atoms with Crippen molar-refractivity contribution in [2.45, 2.75) is 19.5 Å². The molecule has 1 unspecified atom stereocenters. The minimum atomic E-state index is -0.664.